The van der Waals surface area contributed by atoms with Crippen LogP contribution >= 0.6 is 0 Å². The van der Waals surface area contributed by atoms with E-state index in [9.17, 15) is 9.18 Å². The Hall–Kier alpha value is -2.82. The fourth-order valence-corrected chi connectivity index (χ4v) is 3.76. The number of rotatable bonds is 3. The molecular formula is C21H21FN2O2. The van der Waals surface area contributed by atoms with Crippen LogP contribution in [0.1, 0.15) is 34.7 Å². The van der Waals surface area contributed by atoms with Gasteiger partial charge in [-0.2, -0.15) is 0 Å². The molecule has 1 amide bonds. The summed E-state index contributed by atoms with van der Waals surface area (Å²) in [6, 6.07) is 12.1. The number of methoxy groups -OCH3 is 1. The summed E-state index contributed by atoms with van der Waals surface area (Å²) < 4.78 is 18.7. The van der Waals surface area contributed by atoms with Gasteiger partial charge in [0.15, 0.2) is 0 Å². The van der Waals surface area contributed by atoms with E-state index < -0.39 is 0 Å². The predicted molar refractivity (Wildman–Crippen MR) is 99.1 cm³/mol. The van der Waals surface area contributed by atoms with Crippen molar-refractivity contribution >= 4 is 16.8 Å². The predicted octanol–water partition coefficient (Wildman–Crippen LogP) is 4.34. The fraction of sp³-hybridized carbons (Fsp3) is 0.286. The molecule has 0 bridgehead atoms. The van der Waals surface area contributed by atoms with E-state index in [2.05, 4.69) is 4.98 Å². The summed E-state index contributed by atoms with van der Waals surface area (Å²) in [6.45, 7) is 1.41. The molecule has 1 aliphatic rings. The van der Waals surface area contributed by atoms with Gasteiger partial charge in [0.25, 0.3) is 5.91 Å². The molecule has 4 nitrogen and oxygen atoms in total. The standard InChI is InChI=1S/C21H21FN2O2/c1-26-17-5-2-15(3-6-17)21(25)24-10-8-14(9-11-24)19-13-23-20-7-4-16(22)12-18(19)20/h2-7,12-14,23H,8-11H2,1H3. The van der Waals surface area contributed by atoms with Gasteiger partial charge in [-0.3, -0.25) is 4.79 Å². The molecule has 2 aromatic carbocycles. The second-order valence-corrected chi connectivity index (χ2v) is 6.73. The van der Waals surface area contributed by atoms with Crippen LogP contribution in [0, 0.1) is 5.82 Å². The number of carbonyl (C=O) groups is 1. The quantitative estimate of drug-likeness (QED) is 0.762. The topological polar surface area (TPSA) is 45.3 Å². The van der Waals surface area contributed by atoms with Crippen LogP contribution in [0.5, 0.6) is 5.75 Å². The lowest BCUT2D eigenvalue weighted by molar-refractivity contribution is 0.0713. The zero-order valence-electron chi connectivity index (χ0n) is 14.7. The van der Waals surface area contributed by atoms with Crippen LogP contribution in [0.15, 0.2) is 48.7 Å². The molecule has 4 rings (SSSR count). The first-order chi connectivity index (χ1) is 12.7. The third-order valence-corrected chi connectivity index (χ3v) is 5.23. The molecule has 1 aliphatic heterocycles. The Labute approximate surface area is 151 Å². The number of nitrogens with one attached hydrogen (secondary N) is 1. The van der Waals surface area contributed by atoms with Crippen molar-refractivity contribution in [3.8, 4) is 5.75 Å². The van der Waals surface area contributed by atoms with E-state index >= 15 is 0 Å². The maximum atomic E-state index is 13.6. The van der Waals surface area contributed by atoms with Crippen molar-refractivity contribution < 1.29 is 13.9 Å². The lowest BCUT2D eigenvalue weighted by Crippen LogP contribution is -2.37. The molecule has 5 heteroatoms. The van der Waals surface area contributed by atoms with Gasteiger partial charge in [-0.25, -0.2) is 4.39 Å². The molecule has 0 aliphatic carbocycles. The highest BCUT2D eigenvalue weighted by Gasteiger charge is 2.26. The Morgan fingerprint density at radius 2 is 1.88 bits per heavy atom. The van der Waals surface area contributed by atoms with E-state index in [0.717, 1.165) is 35.1 Å². The summed E-state index contributed by atoms with van der Waals surface area (Å²) in [5, 5.41) is 0.949. The third kappa shape index (κ3) is 3.05. The van der Waals surface area contributed by atoms with Gasteiger partial charge < -0.3 is 14.6 Å². The highest BCUT2D eigenvalue weighted by Crippen LogP contribution is 2.33. The number of carbonyl (C=O) groups excluding carboxylic acids is 1. The fourth-order valence-electron chi connectivity index (χ4n) is 3.76. The van der Waals surface area contributed by atoms with E-state index in [1.54, 1.807) is 43.5 Å². The number of likely N-dealkylation sites (tertiary alicyclic amines) is 1. The number of halogens is 1. The van der Waals surface area contributed by atoms with Crippen LogP contribution in [0.3, 0.4) is 0 Å². The van der Waals surface area contributed by atoms with Crippen LogP contribution < -0.4 is 4.74 Å². The highest BCUT2D eigenvalue weighted by atomic mass is 19.1. The first kappa shape index (κ1) is 16.6. The van der Waals surface area contributed by atoms with Gasteiger partial charge >= 0.3 is 0 Å². The zero-order chi connectivity index (χ0) is 18.1. The molecule has 0 unspecified atom stereocenters. The van der Waals surface area contributed by atoms with E-state index in [-0.39, 0.29) is 11.7 Å². The molecule has 1 N–H and O–H groups in total. The van der Waals surface area contributed by atoms with Crippen LogP contribution in [0.4, 0.5) is 4.39 Å². The van der Waals surface area contributed by atoms with Crippen molar-refractivity contribution in [1.29, 1.82) is 0 Å². The molecule has 0 atom stereocenters. The minimum absolute atomic E-state index is 0.0519. The molecule has 0 radical (unpaired) electrons. The Balaban J connectivity index is 1.46. The van der Waals surface area contributed by atoms with Crippen molar-refractivity contribution in [3.63, 3.8) is 0 Å². The summed E-state index contributed by atoms with van der Waals surface area (Å²) in [4.78, 5) is 17.8. The van der Waals surface area contributed by atoms with Gasteiger partial charge in [-0.1, -0.05) is 0 Å². The SMILES string of the molecule is COc1ccc(C(=O)N2CCC(c3c[nH]c4ccc(F)cc34)CC2)cc1. The lowest BCUT2D eigenvalue weighted by atomic mass is 9.89. The van der Waals surface area contributed by atoms with Gasteiger partial charge in [-0.05, 0) is 66.8 Å². The normalized spacial score (nSPS) is 15.4. The summed E-state index contributed by atoms with van der Waals surface area (Å²) >= 11 is 0. The van der Waals surface area contributed by atoms with Crippen molar-refractivity contribution in [2.75, 3.05) is 20.2 Å². The number of piperidine rings is 1. The number of nitrogens with zero attached hydrogens (tertiary/aromatic N) is 1. The average molecular weight is 352 g/mol. The molecule has 1 aromatic heterocycles. The molecule has 3 aromatic rings. The van der Waals surface area contributed by atoms with Crippen molar-refractivity contribution in [2.45, 2.75) is 18.8 Å². The zero-order valence-corrected chi connectivity index (χ0v) is 14.7. The maximum Gasteiger partial charge on any atom is 0.253 e. The molecular weight excluding hydrogens is 331 g/mol. The lowest BCUT2D eigenvalue weighted by Gasteiger charge is -2.32. The number of fused-ring (bicyclic) bond motifs is 1. The van der Waals surface area contributed by atoms with Gasteiger partial charge in [0.1, 0.15) is 11.6 Å². The number of benzene rings is 2. The number of hydrogen-bond donors (Lipinski definition) is 1. The van der Waals surface area contributed by atoms with Gasteiger partial charge in [0.05, 0.1) is 7.11 Å². The molecule has 2 heterocycles. The number of ether oxygens (including phenoxy) is 1. The average Bonchev–Trinajstić information content (AvgIpc) is 3.10. The molecule has 0 spiro atoms. The molecule has 1 fully saturated rings. The number of hydrogen-bond acceptors (Lipinski definition) is 2. The van der Waals surface area contributed by atoms with E-state index in [1.807, 2.05) is 11.1 Å². The number of H-pyrrole nitrogens is 1. The van der Waals surface area contributed by atoms with Gasteiger partial charge in [-0.15, -0.1) is 0 Å². The van der Waals surface area contributed by atoms with Crippen LogP contribution in [0.2, 0.25) is 0 Å². The maximum absolute atomic E-state index is 13.6. The minimum Gasteiger partial charge on any atom is -0.497 e. The summed E-state index contributed by atoms with van der Waals surface area (Å²) in [6.07, 6.45) is 3.74. The Morgan fingerprint density at radius 3 is 2.58 bits per heavy atom. The Kier molecular flexibility index (Phi) is 4.37. The summed E-state index contributed by atoms with van der Waals surface area (Å²) in [5.74, 6) is 0.916. The largest absolute Gasteiger partial charge is 0.497 e. The van der Waals surface area contributed by atoms with Crippen LogP contribution in [0.25, 0.3) is 10.9 Å². The van der Waals surface area contributed by atoms with E-state index in [1.165, 1.54) is 6.07 Å². The van der Waals surface area contributed by atoms with Crippen LogP contribution in [-0.2, 0) is 0 Å². The minimum atomic E-state index is -0.217. The highest BCUT2D eigenvalue weighted by molar-refractivity contribution is 5.94. The third-order valence-electron chi connectivity index (χ3n) is 5.23. The van der Waals surface area contributed by atoms with Crippen molar-refractivity contribution in [3.05, 3.63) is 65.6 Å². The number of aromatic nitrogens is 1. The summed E-state index contributed by atoms with van der Waals surface area (Å²) in [5.41, 5.74) is 2.78. The van der Waals surface area contributed by atoms with Gasteiger partial charge in [0.2, 0.25) is 0 Å². The van der Waals surface area contributed by atoms with Crippen molar-refractivity contribution in [1.82, 2.24) is 9.88 Å². The van der Waals surface area contributed by atoms with Crippen molar-refractivity contribution in [2.24, 2.45) is 0 Å². The smallest absolute Gasteiger partial charge is 0.253 e. The Bertz CT molecular complexity index is 925. The monoisotopic (exact) mass is 352 g/mol. The van der Waals surface area contributed by atoms with E-state index in [4.69, 9.17) is 4.74 Å². The number of amides is 1. The molecule has 1 saturated heterocycles. The summed E-state index contributed by atoms with van der Waals surface area (Å²) in [7, 11) is 1.61. The van der Waals surface area contributed by atoms with Crippen LogP contribution in [-0.4, -0.2) is 36.0 Å². The molecule has 26 heavy (non-hydrogen) atoms. The first-order valence-electron chi connectivity index (χ1n) is 8.85. The second kappa shape index (κ2) is 6.83. The van der Waals surface area contributed by atoms with E-state index in [0.29, 0.717) is 24.6 Å². The Morgan fingerprint density at radius 1 is 1.15 bits per heavy atom. The number of aromatic amines is 1. The second-order valence-electron chi connectivity index (χ2n) is 6.73. The molecule has 0 saturated carbocycles. The van der Waals surface area contributed by atoms with Gasteiger partial charge in [0, 0.05) is 35.8 Å². The molecule has 134 valence electrons. The first-order valence-corrected chi connectivity index (χ1v) is 8.85.